The lowest BCUT2D eigenvalue weighted by molar-refractivity contribution is 0.224. The molecule has 0 radical (unpaired) electrons. The number of nitrogens with two attached hydrogens (primary N) is 1. The fourth-order valence-corrected chi connectivity index (χ4v) is 4.43. The number of fused-ring (bicyclic) bond motifs is 1. The van der Waals surface area contributed by atoms with E-state index in [-0.39, 0.29) is 0 Å². The van der Waals surface area contributed by atoms with Crippen LogP contribution in [-0.4, -0.2) is 4.98 Å². The van der Waals surface area contributed by atoms with Gasteiger partial charge in [0.15, 0.2) is 5.13 Å². The molecule has 1 aliphatic carbocycles. The smallest absolute Gasteiger partial charge is 0.181 e. The third-order valence-electron chi connectivity index (χ3n) is 5.30. The summed E-state index contributed by atoms with van der Waals surface area (Å²) in [7, 11) is 0. The molecular weight excluding hydrogens is 328 g/mol. The van der Waals surface area contributed by atoms with Crippen LogP contribution in [-0.2, 0) is 0 Å². The summed E-state index contributed by atoms with van der Waals surface area (Å²) in [6, 6.07) is 14.5. The van der Waals surface area contributed by atoms with Gasteiger partial charge in [-0.2, -0.15) is 0 Å². The molecule has 3 aromatic rings. The standard InChI is InChI=1S/C21H24N2OS/c1-21(2)11-9-15(10-12-21)14-3-5-16(6-4-14)24-17-7-8-18-19(13-17)25-20(22)23-18/h3-8,13,15H,9-12H2,1-2H3,(H2,22,23). The van der Waals surface area contributed by atoms with Gasteiger partial charge in [0.2, 0.25) is 0 Å². The maximum atomic E-state index is 6.01. The van der Waals surface area contributed by atoms with Gasteiger partial charge in [-0.1, -0.05) is 37.3 Å². The number of ether oxygens (including phenoxy) is 1. The molecule has 130 valence electrons. The summed E-state index contributed by atoms with van der Waals surface area (Å²) in [6.45, 7) is 4.77. The van der Waals surface area contributed by atoms with E-state index in [1.165, 1.54) is 42.6 Å². The van der Waals surface area contributed by atoms with Gasteiger partial charge in [-0.3, -0.25) is 0 Å². The minimum atomic E-state index is 0.512. The molecule has 0 spiro atoms. The molecule has 0 aliphatic heterocycles. The maximum Gasteiger partial charge on any atom is 0.181 e. The Bertz CT molecular complexity index is 873. The van der Waals surface area contributed by atoms with E-state index in [0.29, 0.717) is 16.5 Å². The Morgan fingerprint density at radius 3 is 2.44 bits per heavy atom. The van der Waals surface area contributed by atoms with E-state index in [9.17, 15) is 0 Å². The molecule has 0 amide bonds. The molecule has 1 aliphatic rings. The Kier molecular flexibility index (Phi) is 4.16. The van der Waals surface area contributed by atoms with Gasteiger partial charge in [-0.25, -0.2) is 4.98 Å². The number of rotatable bonds is 3. The van der Waals surface area contributed by atoms with Gasteiger partial charge in [0, 0.05) is 6.07 Å². The molecule has 1 heterocycles. The van der Waals surface area contributed by atoms with Crippen LogP contribution in [0.25, 0.3) is 10.2 Å². The van der Waals surface area contributed by atoms with Crippen molar-refractivity contribution >= 4 is 26.7 Å². The van der Waals surface area contributed by atoms with Gasteiger partial charge < -0.3 is 10.5 Å². The molecule has 25 heavy (non-hydrogen) atoms. The van der Waals surface area contributed by atoms with Crippen LogP contribution >= 0.6 is 11.3 Å². The van der Waals surface area contributed by atoms with E-state index in [1.807, 2.05) is 18.2 Å². The van der Waals surface area contributed by atoms with Crippen molar-refractivity contribution in [2.24, 2.45) is 5.41 Å². The SMILES string of the molecule is CC1(C)CCC(c2ccc(Oc3ccc4nc(N)sc4c3)cc2)CC1. The third kappa shape index (κ3) is 3.64. The van der Waals surface area contributed by atoms with Crippen molar-refractivity contribution in [3.8, 4) is 11.5 Å². The number of hydrogen-bond acceptors (Lipinski definition) is 4. The summed E-state index contributed by atoms with van der Waals surface area (Å²) < 4.78 is 7.06. The molecule has 2 N–H and O–H groups in total. The number of aromatic nitrogens is 1. The normalized spacial score (nSPS) is 17.7. The van der Waals surface area contributed by atoms with Crippen molar-refractivity contribution in [2.45, 2.75) is 45.4 Å². The summed E-state index contributed by atoms with van der Waals surface area (Å²) >= 11 is 1.48. The van der Waals surface area contributed by atoms with Crippen molar-refractivity contribution in [3.05, 3.63) is 48.0 Å². The minimum Gasteiger partial charge on any atom is -0.457 e. The molecule has 1 aromatic heterocycles. The lowest BCUT2D eigenvalue weighted by Crippen LogP contribution is -2.20. The second kappa shape index (κ2) is 6.34. The Balaban J connectivity index is 1.46. The number of thiazole rings is 1. The number of nitrogens with zero attached hydrogens (tertiary/aromatic N) is 1. The number of nitrogen functional groups attached to an aromatic ring is 1. The van der Waals surface area contributed by atoms with E-state index in [2.05, 4.69) is 43.1 Å². The monoisotopic (exact) mass is 352 g/mol. The minimum absolute atomic E-state index is 0.512. The molecule has 0 saturated heterocycles. The molecule has 0 bridgehead atoms. The fraction of sp³-hybridized carbons (Fsp3) is 0.381. The third-order valence-corrected chi connectivity index (χ3v) is 6.15. The Hall–Kier alpha value is -2.07. The number of hydrogen-bond donors (Lipinski definition) is 1. The first-order valence-electron chi connectivity index (χ1n) is 8.92. The average Bonchev–Trinajstić information content (AvgIpc) is 2.95. The molecule has 4 heteroatoms. The molecule has 0 atom stereocenters. The van der Waals surface area contributed by atoms with E-state index in [1.54, 1.807) is 0 Å². The van der Waals surface area contributed by atoms with E-state index < -0.39 is 0 Å². The topological polar surface area (TPSA) is 48.1 Å². The highest BCUT2D eigenvalue weighted by Crippen LogP contribution is 2.42. The first-order valence-corrected chi connectivity index (χ1v) is 9.74. The van der Waals surface area contributed by atoms with Crippen molar-refractivity contribution in [3.63, 3.8) is 0 Å². The molecule has 3 nitrogen and oxygen atoms in total. The van der Waals surface area contributed by atoms with Crippen LogP contribution in [0, 0.1) is 5.41 Å². The maximum absolute atomic E-state index is 6.01. The first-order chi connectivity index (χ1) is 12.0. The zero-order chi connectivity index (χ0) is 17.4. The molecule has 1 fully saturated rings. The average molecular weight is 353 g/mol. The molecule has 1 saturated carbocycles. The van der Waals surface area contributed by atoms with Crippen LogP contribution in [0.5, 0.6) is 11.5 Å². The van der Waals surface area contributed by atoms with Crippen LogP contribution in [0.2, 0.25) is 0 Å². The Labute approximate surface area is 152 Å². The van der Waals surface area contributed by atoms with Crippen LogP contribution in [0.4, 0.5) is 5.13 Å². The van der Waals surface area contributed by atoms with Gasteiger partial charge >= 0.3 is 0 Å². The molecule has 0 unspecified atom stereocenters. The summed E-state index contributed by atoms with van der Waals surface area (Å²) in [4.78, 5) is 4.28. The van der Waals surface area contributed by atoms with Crippen molar-refractivity contribution < 1.29 is 4.74 Å². The van der Waals surface area contributed by atoms with Crippen molar-refractivity contribution in [1.82, 2.24) is 4.98 Å². The zero-order valence-electron chi connectivity index (χ0n) is 14.8. The number of benzene rings is 2. The highest BCUT2D eigenvalue weighted by molar-refractivity contribution is 7.22. The summed E-state index contributed by atoms with van der Waals surface area (Å²) in [5.41, 5.74) is 8.64. The summed E-state index contributed by atoms with van der Waals surface area (Å²) in [5.74, 6) is 2.39. The lowest BCUT2D eigenvalue weighted by atomic mass is 9.71. The predicted molar refractivity (Wildman–Crippen MR) is 106 cm³/mol. The van der Waals surface area contributed by atoms with Gasteiger partial charge in [0.05, 0.1) is 10.2 Å². The molecule has 4 rings (SSSR count). The van der Waals surface area contributed by atoms with Gasteiger partial charge in [0.25, 0.3) is 0 Å². The lowest BCUT2D eigenvalue weighted by Gasteiger charge is -2.34. The van der Waals surface area contributed by atoms with Crippen LogP contribution in [0.3, 0.4) is 0 Å². The van der Waals surface area contributed by atoms with E-state index in [0.717, 1.165) is 21.7 Å². The second-order valence-corrected chi connectivity index (χ2v) is 8.85. The van der Waals surface area contributed by atoms with Crippen molar-refractivity contribution in [1.29, 1.82) is 0 Å². The van der Waals surface area contributed by atoms with Crippen molar-refractivity contribution in [2.75, 3.05) is 5.73 Å². The zero-order valence-corrected chi connectivity index (χ0v) is 15.6. The highest BCUT2D eigenvalue weighted by Gasteiger charge is 2.27. The van der Waals surface area contributed by atoms with Gasteiger partial charge in [-0.05, 0) is 66.8 Å². The predicted octanol–water partition coefficient (Wildman–Crippen LogP) is 6.35. The van der Waals surface area contributed by atoms with Crippen LogP contribution in [0.1, 0.15) is 51.0 Å². The van der Waals surface area contributed by atoms with Crippen LogP contribution in [0.15, 0.2) is 42.5 Å². The highest BCUT2D eigenvalue weighted by atomic mass is 32.1. The fourth-order valence-electron chi connectivity index (χ4n) is 3.66. The molecule has 2 aromatic carbocycles. The Morgan fingerprint density at radius 2 is 1.72 bits per heavy atom. The van der Waals surface area contributed by atoms with E-state index >= 15 is 0 Å². The summed E-state index contributed by atoms with van der Waals surface area (Å²) in [6.07, 6.45) is 5.20. The van der Waals surface area contributed by atoms with E-state index in [4.69, 9.17) is 10.5 Å². The quantitative estimate of drug-likeness (QED) is 0.597. The van der Waals surface area contributed by atoms with Gasteiger partial charge in [-0.15, -0.1) is 0 Å². The largest absolute Gasteiger partial charge is 0.457 e. The summed E-state index contributed by atoms with van der Waals surface area (Å²) in [5, 5.41) is 0.590. The van der Waals surface area contributed by atoms with Crippen LogP contribution < -0.4 is 10.5 Å². The Morgan fingerprint density at radius 1 is 1.04 bits per heavy atom. The number of anilines is 1. The first kappa shape index (κ1) is 16.4. The second-order valence-electron chi connectivity index (χ2n) is 7.79. The van der Waals surface area contributed by atoms with Gasteiger partial charge in [0.1, 0.15) is 11.5 Å². The molecular formula is C21H24N2OS.